The molecule has 8 heteroatoms. The van der Waals surface area contributed by atoms with Crippen molar-refractivity contribution >= 4 is 51.0 Å². The number of imide groups is 1. The van der Waals surface area contributed by atoms with E-state index in [-0.39, 0.29) is 41.0 Å². The molecular weight excluding hydrogens is 488 g/mol. The van der Waals surface area contributed by atoms with Crippen molar-refractivity contribution in [2.75, 3.05) is 16.8 Å². The van der Waals surface area contributed by atoms with Gasteiger partial charge in [0.15, 0.2) is 6.61 Å². The van der Waals surface area contributed by atoms with Gasteiger partial charge >= 0.3 is 5.97 Å². The molecule has 2 aliphatic carbocycles. The normalized spacial score (nSPS) is 24.8. The number of nitrogens with zero attached hydrogens (tertiary/aromatic N) is 1. The fraction of sp³-hybridized carbons (Fsp3) is 0.280. The number of anilines is 2. The van der Waals surface area contributed by atoms with Crippen LogP contribution in [-0.4, -0.2) is 30.3 Å². The van der Waals surface area contributed by atoms with E-state index in [9.17, 15) is 19.2 Å². The molecule has 2 aromatic rings. The van der Waals surface area contributed by atoms with Crippen molar-refractivity contribution in [3.05, 3.63) is 70.2 Å². The largest absolute Gasteiger partial charge is 0.452 e. The number of nitrogens with one attached hydrogen (secondary N) is 1. The monoisotopic (exact) mass is 508 g/mol. The number of ether oxygens (including phenoxy) is 1. The van der Waals surface area contributed by atoms with Crippen molar-refractivity contribution < 1.29 is 23.9 Å². The molecule has 2 fully saturated rings. The van der Waals surface area contributed by atoms with Gasteiger partial charge in [0.1, 0.15) is 0 Å². The maximum atomic E-state index is 12.9. The van der Waals surface area contributed by atoms with E-state index >= 15 is 0 Å². The summed E-state index contributed by atoms with van der Waals surface area (Å²) in [5.74, 6) is -1.72. The Labute approximate surface area is 198 Å². The summed E-state index contributed by atoms with van der Waals surface area (Å²) < 4.78 is 6.01. The van der Waals surface area contributed by atoms with Crippen molar-refractivity contribution in [2.24, 2.45) is 23.7 Å². The molecule has 0 unspecified atom stereocenters. The van der Waals surface area contributed by atoms with Crippen LogP contribution in [0.3, 0.4) is 0 Å². The summed E-state index contributed by atoms with van der Waals surface area (Å²) in [5.41, 5.74) is 2.18. The minimum atomic E-state index is -0.664. The molecule has 1 saturated carbocycles. The van der Waals surface area contributed by atoms with Crippen LogP contribution in [0.2, 0.25) is 0 Å². The van der Waals surface area contributed by atoms with E-state index in [0.717, 1.165) is 16.5 Å². The molecule has 5 rings (SSSR count). The van der Waals surface area contributed by atoms with Crippen LogP contribution in [0.4, 0.5) is 11.4 Å². The Hall–Kier alpha value is -3.26. The Balaban J connectivity index is 1.20. The van der Waals surface area contributed by atoms with Gasteiger partial charge in [0.25, 0.3) is 5.91 Å². The Morgan fingerprint density at radius 1 is 1.03 bits per heavy atom. The third-order valence-electron chi connectivity index (χ3n) is 6.63. The van der Waals surface area contributed by atoms with Gasteiger partial charge in [0, 0.05) is 10.2 Å². The van der Waals surface area contributed by atoms with Gasteiger partial charge in [-0.1, -0.05) is 28.1 Å². The molecule has 1 heterocycles. The van der Waals surface area contributed by atoms with Crippen LogP contribution in [0, 0.1) is 30.6 Å². The molecule has 1 aliphatic heterocycles. The maximum absolute atomic E-state index is 12.9. The Bertz CT molecular complexity index is 1180. The van der Waals surface area contributed by atoms with Crippen LogP contribution in [0.15, 0.2) is 59.1 Å². The number of halogens is 1. The van der Waals surface area contributed by atoms with Crippen molar-refractivity contribution in [1.29, 1.82) is 0 Å². The van der Waals surface area contributed by atoms with E-state index in [1.807, 2.05) is 25.1 Å². The minimum absolute atomic E-state index is 0.142. The second kappa shape index (κ2) is 8.26. The predicted molar refractivity (Wildman–Crippen MR) is 124 cm³/mol. The van der Waals surface area contributed by atoms with Gasteiger partial charge in [-0.3, -0.25) is 19.3 Å². The Morgan fingerprint density at radius 2 is 1.67 bits per heavy atom. The quantitative estimate of drug-likeness (QED) is 0.376. The first-order valence-corrected chi connectivity index (χ1v) is 11.5. The number of hydrogen-bond donors (Lipinski definition) is 1. The van der Waals surface area contributed by atoms with E-state index in [0.29, 0.717) is 11.4 Å². The number of carbonyl (C=O) groups is 4. The number of rotatable bonds is 5. The topological polar surface area (TPSA) is 92.8 Å². The second-order valence-electron chi connectivity index (χ2n) is 8.64. The second-order valence-corrected chi connectivity index (χ2v) is 9.56. The number of fused-ring (bicyclic) bond motifs is 5. The lowest BCUT2D eigenvalue weighted by Crippen LogP contribution is -2.32. The highest BCUT2D eigenvalue weighted by Crippen LogP contribution is 2.53. The molecule has 3 aliphatic rings. The number of esters is 1. The molecule has 7 nitrogen and oxygen atoms in total. The molecule has 2 bridgehead atoms. The number of aryl methyl sites for hydroxylation is 1. The minimum Gasteiger partial charge on any atom is -0.452 e. The first-order valence-electron chi connectivity index (χ1n) is 10.7. The summed E-state index contributed by atoms with van der Waals surface area (Å²) in [6.45, 7) is 1.43. The third-order valence-corrected chi connectivity index (χ3v) is 7.12. The van der Waals surface area contributed by atoms with E-state index in [1.54, 1.807) is 24.3 Å². The Morgan fingerprint density at radius 3 is 2.27 bits per heavy atom. The number of amides is 3. The molecule has 1 N–H and O–H groups in total. The first-order chi connectivity index (χ1) is 15.8. The molecule has 3 amide bonds. The molecule has 1 saturated heterocycles. The van der Waals surface area contributed by atoms with Crippen LogP contribution >= 0.6 is 15.9 Å². The van der Waals surface area contributed by atoms with E-state index < -0.39 is 18.5 Å². The smallest absolute Gasteiger partial charge is 0.338 e. The molecular formula is C25H21BrN2O5. The van der Waals surface area contributed by atoms with Gasteiger partial charge in [0.2, 0.25) is 11.8 Å². The van der Waals surface area contributed by atoms with E-state index in [1.165, 1.54) is 17.0 Å². The van der Waals surface area contributed by atoms with Gasteiger partial charge in [0.05, 0.1) is 23.1 Å². The number of hydrogen-bond acceptors (Lipinski definition) is 5. The zero-order valence-electron chi connectivity index (χ0n) is 17.8. The lowest BCUT2D eigenvalue weighted by atomic mass is 9.85. The van der Waals surface area contributed by atoms with Gasteiger partial charge < -0.3 is 10.1 Å². The zero-order valence-corrected chi connectivity index (χ0v) is 19.4. The molecule has 0 spiro atoms. The molecule has 33 heavy (non-hydrogen) atoms. The van der Waals surface area contributed by atoms with Gasteiger partial charge in [-0.15, -0.1) is 0 Å². The average Bonchev–Trinajstić information content (AvgIpc) is 3.48. The summed E-state index contributed by atoms with van der Waals surface area (Å²) in [7, 11) is 0. The fourth-order valence-corrected chi connectivity index (χ4v) is 5.55. The van der Waals surface area contributed by atoms with Crippen LogP contribution in [-0.2, 0) is 19.1 Å². The highest BCUT2D eigenvalue weighted by Gasteiger charge is 2.59. The standard InChI is InChI=1S/C25H21BrN2O5/c1-13-10-17(26)6-9-19(13)27-20(29)12-33-25(32)14-4-7-18(8-5-14)28-23(30)21-15-2-3-16(11-15)22(21)24(28)31/h2-10,15-16,21-22H,11-12H2,1H3,(H,27,29)/t15-,16-,21+,22+/m0/s1. The Kier molecular flexibility index (Phi) is 5.40. The van der Waals surface area contributed by atoms with Gasteiger partial charge in [-0.25, -0.2) is 4.79 Å². The molecule has 4 atom stereocenters. The average molecular weight is 509 g/mol. The highest BCUT2D eigenvalue weighted by molar-refractivity contribution is 9.10. The molecule has 2 aromatic carbocycles. The summed E-state index contributed by atoms with van der Waals surface area (Å²) >= 11 is 3.37. The summed E-state index contributed by atoms with van der Waals surface area (Å²) in [6.07, 6.45) is 4.97. The van der Waals surface area contributed by atoms with Crippen molar-refractivity contribution in [2.45, 2.75) is 13.3 Å². The third kappa shape index (κ3) is 3.78. The molecule has 168 valence electrons. The van der Waals surface area contributed by atoms with Gasteiger partial charge in [-0.05, 0) is 73.2 Å². The molecule has 0 radical (unpaired) electrons. The van der Waals surface area contributed by atoms with Crippen LogP contribution in [0.25, 0.3) is 0 Å². The number of allylic oxidation sites excluding steroid dienone is 2. The highest BCUT2D eigenvalue weighted by atomic mass is 79.9. The SMILES string of the molecule is Cc1cc(Br)ccc1NC(=O)COC(=O)c1ccc(N2C(=O)[C@H]3[C@H](C2=O)[C@H]2C=C[C@H]3C2)cc1. The maximum Gasteiger partial charge on any atom is 0.338 e. The van der Waals surface area contributed by atoms with Gasteiger partial charge in [-0.2, -0.15) is 0 Å². The zero-order chi connectivity index (χ0) is 23.3. The van der Waals surface area contributed by atoms with E-state index in [4.69, 9.17) is 4.74 Å². The van der Waals surface area contributed by atoms with Crippen LogP contribution < -0.4 is 10.2 Å². The van der Waals surface area contributed by atoms with Crippen LogP contribution in [0.5, 0.6) is 0 Å². The predicted octanol–water partition coefficient (Wildman–Crippen LogP) is 3.86. The van der Waals surface area contributed by atoms with Crippen molar-refractivity contribution in [1.82, 2.24) is 0 Å². The van der Waals surface area contributed by atoms with E-state index in [2.05, 4.69) is 21.2 Å². The summed E-state index contributed by atoms with van der Waals surface area (Å²) in [5, 5.41) is 2.71. The van der Waals surface area contributed by atoms with Crippen molar-refractivity contribution in [3.63, 3.8) is 0 Å². The van der Waals surface area contributed by atoms with Crippen LogP contribution in [0.1, 0.15) is 22.3 Å². The van der Waals surface area contributed by atoms with Crippen molar-refractivity contribution in [3.8, 4) is 0 Å². The lowest BCUT2D eigenvalue weighted by Gasteiger charge is -2.17. The fourth-order valence-electron chi connectivity index (χ4n) is 5.07. The number of benzene rings is 2. The number of carbonyl (C=O) groups excluding carboxylic acids is 4. The first kappa shape index (κ1) is 21.6. The summed E-state index contributed by atoms with van der Waals surface area (Å²) in [4.78, 5) is 51.6. The lowest BCUT2D eigenvalue weighted by molar-refractivity contribution is -0.123. The summed E-state index contributed by atoms with van der Waals surface area (Å²) in [6, 6.07) is 11.6. The molecule has 0 aromatic heterocycles.